The third-order valence-electron chi connectivity index (χ3n) is 3.77. The molecule has 0 atom stereocenters. The van der Waals surface area contributed by atoms with Gasteiger partial charge in [0.1, 0.15) is 0 Å². The molecule has 3 N–H and O–H groups in total. The summed E-state index contributed by atoms with van der Waals surface area (Å²) in [6.45, 7) is 0.339. The zero-order chi connectivity index (χ0) is 15.1. The van der Waals surface area contributed by atoms with E-state index in [4.69, 9.17) is 5.11 Å². The number of hydrogen-bond acceptors (Lipinski definition) is 3. The van der Waals surface area contributed by atoms with Crippen molar-refractivity contribution in [2.45, 2.75) is 44.6 Å². The topological polar surface area (TPSA) is 78.4 Å². The van der Waals surface area contributed by atoms with Gasteiger partial charge in [-0.1, -0.05) is 25.0 Å². The molecule has 0 heterocycles. The van der Waals surface area contributed by atoms with Gasteiger partial charge in [0.25, 0.3) is 0 Å². The van der Waals surface area contributed by atoms with Gasteiger partial charge in [-0.2, -0.15) is 0 Å². The molecule has 5 nitrogen and oxygen atoms in total. The molecule has 1 aliphatic carbocycles. The second-order valence-electron chi connectivity index (χ2n) is 5.50. The number of carboxylic acid groups (broad SMARTS) is 1. The van der Waals surface area contributed by atoms with Crippen LogP contribution in [-0.4, -0.2) is 29.6 Å². The van der Waals surface area contributed by atoms with Gasteiger partial charge in [-0.15, -0.1) is 0 Å². The highest BCUT2D eigenvalue weighted by atomic mass is 16.4. The first-order valence-electron chi connectivity index (χ1n) is 7.47. The summed E-state index contributed by atoms with van der Waals surface area (Å²) in [6.07, 6.45) is 5.44. The Bertz CT molecular complexity index is 479. The number of amides is 1. The SMILES string of the molecule is O=C(O)CCc1ccc(NC(=O)CNC2CCCC2)cc1. The van der Waals surface area contributed by atoms with Gasteiger partial charge in [0.15, 0.2) is 0 Å². The maximum Gasteiger partial charge on any atom is 0.303 e. The van der Waals surface area contributed by atoms with E-state index in [0.29, 0.717) is 19.0 Å². The number of carbonyl (C=O) groups excluding carboxylic acids is 1. The number of benzene rings is 1. The molecule has 0 bridgehead atoms. The van der Waals surface area contributed by atoms with E-state index in [2.05, 4.69) is 10.6 Å². The number of nitrogens with one attached hydrogen (secondary N) is 2. The Morgan fingerprint density at radius 3 is 2.43 bits per heavy atom. The van der Waals surface area contributed by atoms with Gasteiger partial charge in [-0.05, 0) is 37.0 Å². The fraction of sp³-hybridized carbons (Fsp3) is 0.500. The lowest BCUT2D eigenvalue weighted by atomic mass is 10.1. The van der Waals surface area contributed by atoms with E-state index in [1.54, 1.807) is 0 Å². The molecular weight excluding hydrogens is 268 g/mol. The highest BCUT2D eigenvalue weighted by Crippen LogP contribution is 2.17. The van der Waals surface area contributed by atoms with Crippen molar-refractivity contribution in [1.29, 1.82) is 0 Å². The van der Waals surface area contributed by atoms with Crippen molar-refractivity contribution in [3.63, 3.8) is 0 Å². The minimum absolute atomic E-state index is 0.0415. The number of carbonyl (C=O) groups is 2. The lowest BCUT2D eigenvalue weighted by Gasteiger charge is -2.12. The van der Waals surface area contributed by atoms with E-state index in [9.17, 15) is 9.59 Å². The second-order valence-corrected chi connectivity index (χ2v) is 5.50. The van der Waals surface area contributed by atoms with Crippen LogP contribution in [-0.2, 0) is 16.0 Å². The predicted octanol–water partition coefficient (Wildman–Crippen LogP) is 2.17. The monoisotopic (exact) mass is 290 g/mol. The van der Waals surface area contributed by atoms with Crippen LogP contribution in [0.4, 0.5) is 5.69 Å². The van der Waals surface area contributed by atoms with Crippen molar-refractivity contribution >= 4 is 17.6 Å². The summed E-state index contributed by atoms with van der Waals surface area (Å²) in [5, 5.41) is 14.7. The third kappa shape index (κ3) is 5.55. The zero-order valence-electron chi connectivity index (χ0n) is 12.1. The molecule has 0 aromatic heterocycles. The van der Waals surface area contributed by atoms with Crippen LogP contribution in [0.1, 0.15) is 37.7 Å². The van der Waals surface area contributed by atoms with Crippen molar-refractivity contribution in [2.24, 2.45) is 0 Å². The molecule has 5 heteroatoms. The summed E-state index contributed by atoms with van der Waals surface area (Å²) < 4.78 is 0. The van der Waals surface area contributed by atoms with Gasteiger partial charge in [-0.25, -0.2) is 0 Å². The average Bonchev–Trinajstić information content (AvgIpc) is 2.98. The van der Waals surface area contributed by atoms with Crippen molar-refractivity contribution in [3.8, 4) is 0 Å². The number of carboxylic acids is 1. The highest BCUT2D eigenvalue weighted by Gasteiger charge is 2.15. The minimum atomic E-state index is -0.801. The third-order valence-corrected chi connectivity index (χ3v) is 3.77. The van der Waals surface area contributed by atoms with Gasteiger partial charge >= 0.3 is 5.97 Å². The highest BCUT2D eigenvalue weighted by molar-refractivity contribution is 5.92. The molecule has 21 heavy (non-hydrogen) atoms. The molecule has 1 aliphatic rings. The van der Waals surface area contributed by atoms with E-state index < -0.39 is 5.97 Å². The van der Waals surface area contributed by atoms with E-state index in [0.717, 1.165) is 24.1 Å². The first kappa shape index (κ1) is 15.5. The molecule has 1 aromatic rings. The van der Waals surface area contributed by atoms with Crippen molar-refractivity contribution < 1.29 is 14.7 Å². The maximum absolute atomic E-state index is 11.8. The van der Waals surface area contributed by atoms with Crippen LogP contribution >= 0.6 is 0 Å². The summed E-state index contributed by atoms with van der Waals surface area (Å²) in [4.78, 5) is 22.3. The van der Waals surface area contributed by atoms with E-state index in [1.165, 1.54) is 12.8 Å². The zero-order valence-corrected chi connectivity index (χ0v) is 12.1. The smallest absolute Gasteiger partial charge is 0.303 e. The number of aliphatic carboxylic acids is 1. The number of rotatable bonds is 7. The van der Waals surface area contributed by atoms with Crippen LogP contribution in [0.5, 0.6) is 0 Å². The number of anilines is 1. The molecule has 1 saturated carbocycles. The molecule has 0 unspecified atom stereocenters. The summed E-state index contributed by atoms with van der Waals surface area (Å²) in [5.41, 5.74) is 1.70. The summed E-state index contributed by atoms with van der Waals surface area (Å²) in [7, 11) is 0. The van der Waals surface area contributed by atoms with Crippen LogP contribution in [0.2, 0.25) is 0 Å². The number of aryl methyl sites for hydroxylation is 1. The lowest BCUT2D eigenvalue weighted by Crippen LogP contribution is -2.34. The average molecular weight is 290 g/mol. The van der Waals surface area contributed by atoms with Gasteiger partial charge in [0.05, 0.1) is 6.54 Å². The standard InChI is InChI=1S/C16H22N2O3/c19-15(11-17-13-3-1-2-4-13)18-14-8-5-12(6-9-14)7-10-16(20)21/h5-6,8-9,13,17H,1-4,7,10-11H2,(H,18,19)(H,20,21). The lowest BCUT2D eigenvalue weighted by molar-refractivity contribution is -0.137. The molecule has 1 amide bonds. The Balaban J connectivity index is 1.73. The van der Waals surface area contributed by atoms with Crippen LogP contribution in [0, 0.1) is 0 Å². The molecule has 114 valence electrons. The molecule has 1 aromatic carbocycles. The van der Waals surface area contributed by atoms with Crippen LogP contribution in [0.15, 0.2) is 24.3 Å². The molecule has 0 aliphatic heterocycles. The Morgan fingerprint density at radius 1 is 1.14 bits per heavy atom. The van der Waals surface area contributed by atoms with E-state index in [1.807, 2.05) is 24.3 Å². The molecule has 0 spiro atoms. The first-order chi connectivity index (χ1) is 10.1. The second kappa shape index (κ2) is 7.78. The molecular formula is C16H22N2O3. The van der Waals surface area contributed by atoms with Gasteiger partial charge in [-0.3, -0.25) is 9.59 Å². The minimum Gasteiger partial charge on any atom is -0.481 e. The molecule has 0 saturated heterocycles. The molecule has 1 fully saturated rings. The maximum atomic E-state index is 11.8. The van der Waals surface area contributed by atoms with E-state index in [-0.39, 0.29) is 12.3 Å². The van der Waals surface area contributed by atoms with Gasteiger partial charge in [0.2, 0.25) is 5.91 Å². The van der Waals surface area contributed by atoms with Gasteiger partial charge in [0, 0.05) is 18.2 Å². The Hall–Kier alpha value is -1.88. The predicted molar refractivity (Wildman–Crippen MR) is 81.3 cm³/mol. The Labute approximate surface area is 124 Å². The molecule has 2 rings (SSSR count). The largest absolute Gasteiger partial charge is 0.481 e. The quantitative estimate of drug-likeness (QED) is 0.719. The van der Waals surface area contributed by atoms with Crippen molar-refractivity contribution in [1.82, 2.24) is 5.32 Å². The summed E-state index contributed by atoms with van der Waals surface area (Å²) in [6, 6.07) is 7.80. The van der Waals surface area contributed by atoms with Crippen LogP contribution in [0.3, 0.4) is 0 Å². The van der Waals surface area contributed by atoms with Gasteiger partial charge < -0.3 is 15.7 Å². The van der Waals surface area contributed by atoms with Crippen LogP contribution in [0.25, 0.3) is 0 Å². The molecule has 0 radical (unpaired) electrons. The van der Waals surface area contributed by atoms with Crippen molar-refractivity contribution in [2.75, 3.05) is 11.9 Å². The fourth-order valence-electron chi connectivity index (χ4n) is 2.58. The first-order valence-corrected chi connectivity index (χ1v) is 7.47. The normalized spacial score (nSPS) is 15.0. The van der Waals surface area contributed by atoms with Crippen LogP contribution < -0.4 is 10.6 Å². The number of hydrogen-bond donors (Lipinski definition) is 3. The van der Waals surface area contributed by atoms with E-state index >= 15 is 0 Å². The summed E-state index contributed by atoms with van der Waals surface area (Å²) >= 11 is 0. The Morgan fingerprint density at radius 2 is 1.81 bits per heavy atom. The summed E-state index contributed by atoms with van der Waals surface area (Å²) in [5.74, 6) is -0.842. The fourth-order valence-corrected chi connectivity index (χ4v) is 2.58. The van der Waals surface area contributed by atoms with Crippen molar-refractivity contribution in [3.05, 3.63) is 29.8 Å². The Kier molecular flexibility index (Phi) is 5.75.